The van der Waals surface area contributed by atoms with Crippen molar-refractivity contribution < 1.29 is 14.3 Å². The molecule has 1 atom stereocenters. The van der Waals surface area contributed by atoms with Gasteiger partial charge in [0.1, 0.15) is 0 Å². The molecular formula is C7H12O3. The quantitative estimate of drug-likeness (QED) is 0.544. The van der Waals surface area contributed by atoms with Crippen molar-refractivity contribution in [3.63, 3.8) is 0 Å². The molecule has 58 valence electrons. The van der Waals surface area contributed by atoms with Crippen LogP contribution in [0.25, 0.3) is 0 Å². The summed E-state index contributed by atoms with van der Waals surface area (Å²) in [6.07, 6.45) is 1.93. The van der Waals surface area contributed by atoms with Crippen LogP contribution in [0.2, 0.25) is 0 Å². The first-order valence-electron chi connectivity index (χ1n) is 3.64. The van der Waals surface area contributed by atoms with Crippen LogP contribution in [0, 0.1) is 0 Å². The number of esters is 1. The molecule has 1 rings (SSSR count). The monoisotopic (exact) mass is 144 g/mol. The first-order valence-corrected chi connectivity index (χ1v) is 3.64. The van der Waals surface area contributed by atoms with Gasteiger partial charge < -0.3 is 9.47 Å². The molecule has 0 N–H and O–H groups in total. The van der Waals surface area contributed by atoms with Crippen molar-refractivity contribution in [3.05, 3.63) is 0 Å². The van der Waals surface area contributed by atoms with Gasteiger partial charge in [-0.25, -0.2) is 0 Å². The third-order valence-electron chi connectivity index (χ3n) is 1.40. The predicted octanol–water partition coefficient (Wildman–Crippen LogP) is 1.08. The van der Waals surface area contributed by atoms with E-state index in [0.717, 1.165) is 12.8 Å². The van der Waals surface area contributed by atoms with Gasteiger partial charge >= 0.3 is 5.97 Å². The van der Waals surface area contributed by atoms with E-state index in [1.54, 1.807) is 0 Å². The fourth-order valence-corrected chi connectivity index (χ4v) is 0.891. The summed E-state index contributed by atoms with van der Waals surface area (Å²) in [4.78, 5) is 10.6. The Morgan fingerprint density at radius 1 is 1.70 bits per heavy atom. The van der Waals surface area contributed by atoms with Crippen molar-refractivity contribution in [3.8, 4) is 0 Å². The van der Waals surface area contributed by atoms with Crippen LogP contribution in [0.4, 0.5) is 0 Å². The van der Waals surface area contributed by atoms with E-state index in [0.29, 0.717) is 13.0 Å². The molecule has 0 spiro atoms. The van der Waals surface area contributed by atoms with Crippen LogP contribution in [0.15, 0.2) is 0 Å². The SMILES string of the molecule is CCCC1OCCC(=O)O1. The minimum atomic E-state index is -0.272. The molecule has 1 unspecified atom stereocenters. The Kier molecular flexibility index (Phi) is 2.68. The van der Waals surface area contributed by atoms with Gasteiger partial charge in [0.15, 0.2) is 0 Å². The number of hydrogen-bond donors (Lipinski definition) is 0. The van der Waals surface area contributed by atoms with Gasteiger partial charge in [-0.1, -0.05) is 13.3 Å². The van der Waals surface area contributed by atoms with E-state index in [1.807, 2.05) is 6.92 Å². The van der Waals surface area contributed by atoms with E-state index in [2.05, 4.69) is 0 Å². The predicted molar refractivity (Wildman–Crippen MR) is 35.4 cm³/mol. The molecule has 0 aromatic rings. The number of hydrogen-bond acceptors (Lipinski definition) is 3. The van der Waals surface area contributed by atoms with Gasteiger partial charge in [-0.05, 0) is 0 Å². The van der Waals surface area contributed by atoms with Crippen LogP contribution >= 0.6 is 0 Å². The molecular weight excluding hydrogens is 132 g/mol. The maximum atomic E-state index is 10.6. The number of carbonyl (C=O) groups excluding carboxylic acids is 1. The van der Waals surface area contributed by atoms with Crippen LogP contribution in [-0.4, -0.2) is 18.9 Å². The summed E-state index contributed by atoms with van der Waals surface area (Å²) in [6, 6.07) is 0. The Morgan fingerprint density at radius 3 is 3.10 bits per heavy atom. The molecule has 0 bridgehead atoms. The summed E-state index contributed by atoms with van der Waals surface area (Å²) in [6.45, 7) is 2.55. The summed E-state index contributed by atoms with van der Waals surface area (Å²) < 4.78 is 10.0. The minimum absolute atomic E-state index is 0.135. The average molecular weight is 144 g/mol. The largest absolute Gasteiger partial charge is 0.436 e. The third kappa shape index (κ3) is 1.99. The molecule has 0 aromatic heterocycles. The Bertz CT molecular complexity index is 120. The normalized spacial score (nSPS) is 26.1. The third-order valence-corrected chi connectivity index (χ3v) is 1.40. The summed E-state index contributed by atoms with van der Waals surface area (Å²) in [5, 5.41) is 0. The highest BCUT2D eigenvalue weighted by molar-refractivity contribution is 5.70. The molecule has 1 saturated heterocycles. The molecule has 3 heteroatoms. The van der Waals surface area contributed by atoms with E-state index in [-0.39, 0.29) is 12.3 Å². The maximum absolute atomic E-state index is 10.6. The summed E-state index contributed by atoms with van der Waals surface area (Å²) in [7, 11) is 0. The Balaban J connectivity index is 2.25. The zero-order valence-corrected chi connectivity index (χ0v) is 6.13. The van der Waals surface area contributed by atoms with E-state index >= 15 is 0 Å². The second kappa shape index (κ2) is 3.56. The number of rotatable bonds is 2. The van der Waals surface area contributed by atoms with Crippen LogP contribution in [0.3, 0.4) is 0 Å². The smallest absolute Gasteiger partial charge is 0.310 e. The van der Waals surface area contributed by atoms with Crippen molar-refractivity contribution in [2.75, 3.05) is 6.61 Å². The lowest BCUT2D eigenvalue weighted by atomic mass is 10.3. The van der Waals surface area contributed by atoms with Gasteiger partial charge in [0, 0.05) is 6.42 Å². The van der Waals surface area contributed by atoms with Gasteiger partial charge in [0.05, 0.1) is 13.0 Å². The van der Waals surface area contributed by atoms with E-state index in [9.17, 15) is 4.79 Å². The minimum Gasteiger partial charge on any atom is -0.436 e. The Labute approximate surface area is 60.3 Å². The zero-order valence-electron chi connectivity index (χ0n) is 6.13. The molecule has 1 aliphatic heterocycles. The molecule has 0 aliphatic carbocycles. The Hall–Kier alpha value is -0.570. The molecule has 0 amide bonds. The molecule has 1 heterocycles. The highest BCUT2D eigenvalue weighted by atomic mass is 16.7. The first kappa shape index (κ1) is 7.54. The maximum Gasteiger partial charge on any atom is 0.310 e. The lowest BCUT2D eigenvalue weighted by Crippen LogP contribution is -2.28. The van der Waals surface area contributed by atoms with Gasteiger partial charge in [-0.15, -0.1) is 0 Å². The summed E-state index contributed by atoms with van der Waals surface area (Å²) in [5.74, 6) is -0.135. The van der Waals surface area contributed by atoms with Gasteiger partial charge in [0.2, 0.25) is 6.29 Å². The van der Waals surface area contributed by atoms with Crippen LogP contribution in [0.5, 0.6) is 0 Å². The highest BCUT2D eigenvalue weighted by Gasteiger charge is 2.19. The summed E-state index contributed by atoms with van der Waals surface area (Å²) >= 11 is 0. The standard InChI is InChI=1S/C7H12O3/c1-2-3-7-9-5-4-6(8)10-7/h7H,2-5H2,1H3. The topological polar surface area (TPSA) is 35.5 Å². The Morgan fingerprint density at radius 2 is 2.50 bits per heavy atom. The molecule has 3 nitrogen and oxygen atoms in total. The zero-order chi connectivity index (χ0) is 7.40. The molecule has 1 fully saturated rings. The van der Waals surface area contributed by atoms with Crippen molar-refractivity contribution in [1.29, 1.82) is 0 Å². The lowest BCUT2D eigenvalue weighted by Gasteiger charge is -2.21. The van der Waals surface area contributed by atoms with Crippen molar-refractivity contribution >= 4 is 5.97 Å². The fraction of sp³-hybridized carbons (Fsp3) is 0.857. The first-order chi connectivity index (χ1) is 4.83. The van der Waals surface area contributed by atoms with Crippen LogP contribution in [0.1, 0.15) is 26.2 Å². The number of cyclic esters (lactones) is 1. The van der Waals surface area contributed by atoms with Gasteiger partial charge in [-0.2, -0.15) is 0 Å². The molecule has 0 aromatic carbocycles. The lowest BCUT2D eigenvalue weighted by molar-refractivity contribution is -0.198. The van der Waals surface area contributed by atoms with Crippen molar-refractivity contribution in [1.82, 2.24) is 0 Å². The van der Waals surface area contributed by atoms with Crippen LogP contribution in [-0.2, 0) is 14.3 Å². The molecule has 0 saturated carbocycles. The van der Waals surface area contributed by atoms with E-state index in [1.165, 1.54) is 0 Å². The van der Waals surface area contributed by atoms with Gasteiger partial charge in [0.25, 0.3) is 0 Å². The van der Waals surface area contributed by atoms with E-state index < -0.39 is 0 Å². The van der Waals surface area contributed by atoms with Crippen molar-refractivity contribution in [2.45, 2.75) is 32.5 Å². The summed E-state index contributed by atoms with van der Waals surface area (Å²) in [5.41, 5.74) is 0. The highest BCUT2D eigenvalue weighted by Crippen LogP contribution is 2.10. The van der Waals surface area contributed by atoms with Crippen molar-refractivity contribution in [2.24, 2.45) is 0 Å². The van der Waals surface area contributed by atoms with Gasteiger partial charge in [-0.3, -0.25) is 4.79 Å². The fourth-order valence-electron chi connectivity index (χ4n) is 0.891. The molecule has 0 radical (unpaired) electrons. The van der Waals surface area contributed by atoms with E-state index in [4.69, 9.17) is 9.47 Å². The second-order valence-corrected chi connectivity index (χ2v) is 2.33. The second-order valence-electron chi connectivity index (χ2n) is 2.33. The molecule has 1 aliphatic rings. The average Bonchev–Trinajstić information content (AvgIpc) is 1.88. The van der Waals surface area contributed by atoms with Crippen LogP contribution < -0.4 is 0 Å². The molecule has 10 heavy (non-hydrogen) atoms. The number of carbonyl (C=O) groups is 1. The number of ether oxygens (including phenoxy) is 2.